The highest BCUT2D eigenvalue weighted by atomic mass is 79.9. The molecule has 0 amide bonds. The molecule has 0 fully saturated rings. The molecule has 0 aliphatic heterocycles. The lowest BCUT2D eigenvalue weighted by molar-refractivity contribution is 0.275. The molecule has 0 aliphatic rings. The van der Waals surface area contributed by atoms with Crippen LogP contribution in [0.15, 0.2) is 16.6 Å². The zero-order valence-electron chi connectivity index (χ0n) is 11.4. The number of halogens is 1. The second-order valence-corrected chi connectivity index (χ2v) is 5.52. The number of benzene rings is 1. The van der Waals surface area contributed by atoms with Crippen LogP contribution in [0.5, 0.6) is 11.5 Å². The number of phenols is 1. The highest BCUT2D eigenvalue weighted by Gasteiger charge is 2.10. The van der Waals surface area contributed by atoms with Crippen molar-refractivity contribution in [1.82, 2.24) is 9.80 Å². The minimum Gasteiger partial charge on any atom is -0.503 e. The van der Waals surface area contributed by atoms with E-state index < -0.39 is 0 Å². The van der Waals surface area contributed by atoms with E-state index in [1.54, 1.807) is 7.11 Å². The number of aromatic hydroxyl groups is 1. The normalized spacial score (nSPS) is 11.3. The van der Waals surface area contributed by atoms with Gasteiger partial charge in [-0.05, 0) is 54.8 Å². The standard InChI is InChI=1S/C13H21BrN2O2/c1-15(2)5-6-16(3)9-10-7-11(14)13(17)12(8-10)18-4/h7-8,17H,5-6,9H2,1-4H3. The first-order valence-corrected chi connectivity index (χ1v) is 6.62. The van der Waals surface area contributed by atoms with Crippen LogP contribution in [-0.4, -0.2) is 56.2 Å². The van der Waals surface area contributed by atoms with E-state index >= 15 is 0 Å². The monoisotopic (exact) mass is 316 g/mol. The molecule has 0 aromatic heterocycles. The van der Waals surface area contributed by atoms with Crippen molar-refractivity contribution in [2.24, 2.45) is 0 Å². The lowest BCUT2D eigenvalue weighted by Gasteiger charge is -2.20. The maximum absolute atomic E-state index is 9.74. The maximum atomic E-state index is 9.74. The number of methoxy groups -OCH3 is 1. The van der Waals surface area contributed by atoms with Gasteiger partial charge in [0.15, 0.2) is 11.5 Å². The van der Waals surface area contributed by atoms with Gasteiger partial charge in [-0.3, -0.25) is 0 Å². The molecule has 0 atom stereocenters. The van der Waals surface area contributed by atoms with Crippen LogP contribution in [0.25, 0.3) is 0 Å². The van der Waals surface area contributed by atoms with Crippen molar-refractivity contribution >= 4 is 15.9 Å². The zero-order valence-corrected chi connectivity index (χ0v) is 13.0. The van der Waals surface area contributed by atoms with E-state index in [1.807, 2.05) is 12.1 Å². The van der Waals surface area contributed by atoms with Crippen molar-refractivity contribution in [3.63, 3.8) is 0 Å². The number of hydrogen-bond acceptors (Lipinski definition) is 4. The third kappa shape index (κ3) is 4.48. The predicted molar refractivity (Wildman–Crippen MR) is 77.2 cm³/mol. The summed E-state index contributed by atoms with van der Waals surface area (Å²) in [5, 5.41) is 9.74. The van der Waals surface area contributed by atoms with Crippen LogP contribution in [0.4, 0.5) is 0 Å². The molecule has 102 valence electrons. The van der Waals surface area contributed by atoms with E-state index in [0.29, 0.717) is 10.2 Å². The summed E-state index contributed by atoms with van der Waals surface area (Å²) in [7, 11) is 7.76. The van der Waals surface area contributed by atoms with E-state index in [9.17, 15) is 5.11 Å². The highest BCUT2D eigenvalue weighted by molar-refractivity contribution is 9.10. The first kappa shape index (κ1) is 15.3. The van der Waals surface area contributed by atoms with Gasteiger partial charge in [-0.2, -0.15) is 0 Å². The van der Waals surface area contributed by atoms with Gasteiger partial charge in [0.2, 0.25) is 0 Å². The molecule has 0 aliphatic carbocycles. The third-order valence-corrected chi connectivity index (χ3v) is 3.29. The Labute approximate surface area is 117 Å². The zero-order chi connectivity index (χ0) is 13.7. The molecule has 0 radical (unpaired) electrons. The minimum atomic E-state index is 0.150. The molecule has 0 heterocycles. The summed E-state index contributed by atoms with van der Waals surface area (Å²) in [6, 6.07) is 3.79. The Morgan fingerprint density at radius 2 is 1.89 bits per heavy atom. The van der Waals surface area contributed by atoms with Crippen molar-refractivity contribution in [1.29, 1.82) is 0 Å². The molecule has 0 bridgehead atoms. The van der Waals surface area contributed by atoms with Gasteiger partial charge < -0.3 is 19.6 Å². The van der Waals surface area contributed by atoms with Gasteiger partial charge in [0.05, 0.1) is 11.6 Å². The highest BCUT2D eigenvalue weighted by Crippen LogP contribution is 2.35. The van der Waals surface area contributed by atoms with Crippen molar-refractivity contribution in [3.05, 3.63) is 22.2 Å². The maximum Gasteiger partial charge on any atom is 0.172 e. The summed E-state index contributed by atoms with van der Waals surface area (Å²) in [5.41, 5.74) is 1.11. The van der Waals surface area contributed by atoms with E-state index in [0.717, 1.165) is 25.2 Å². The Morgan fingerprint density at radius 1 is 1.22 bits per heavy atom. The Morgan fingerprint density at radius 3 is 2.44 bits per heavy atom. The van der Waals surface area contributed by atoms with Crippen LogP contribution in [0, 0.1) is 0 Å². The van der Waals surface area contributed by atoms with Gasteiger partial charge in [-0.25, -0.2) is 0 Å². The second kappa shape index (κ2) is 6.97. The summed E-state index contributed by atoms with van der Waals surface area (Å²) in [6.45, 7) is 2.84. The molecule has 0 saturated heterocycles. The average molecular weight is 317 g/mol. The van der Waals surface area contributed by atoms with Gasteiger partial charge in [-0.1, -0.05) is 0 Å². The van der Waals surface area contributed by atoms with Crippen LogP contribution < -0.4 is 4.74 Å². The topological polar surface area (TPSA) is 35.9 Å². The van der Waals surface area contributed by atoms with Crippen LogP contribution >= 0.6 is 15.9 Å². The van der Waals surface area contributed by atoms with Crippen LogP contribution in [-0.2, 0) is 6.54 Å². The molecule has 4 nitrogen and oxygen atoms in total. The molecule has 1 aromatic carbocycles. The predicted octanol–water partition coefficient (Wildman–Crippen LogP) is 2.16. The number of likely N-dealkylation sites (N-methyl/N-ethyl adjacent to an activating group) is 2. The quantitative estimate of drug-likeness (QED) is 0.872. The number of rotatable bonds is 6. The summed E-state index contributed by atoms with van der Waals surface area (Å²) in [5.74, 6) is 0.651. The Balaban J connectivity index is 2.70. The van der Waals surface area contributed by atoms with E-state index in [4.69, 9.17) is 4.74 Å². The first-order chi connectivity index (χ1) is 8.43. The third-order valence-electron chi connectivity index (χ3n) is 2.69. The Kier molecular flexibility index (Phi) is 5.91. The molecule has 5 heteroatoms. The summed E-state index contributed by atoms with van der Waals surface area (Å²) in [6.07, 6.45) is 0. The molecule has 1 N–H and O–H groups in total. The molecule has 0 saturated carbocycles. The number of hydrogen-bond donors (Lipinski definition) is 1. The van der Waals surface area contributed by atoms with Crippen LogP contribution in [0.1, 0.15) is 5.56 Å². The second-order valence-electron chi connectivity index (χ2n) is 4.67. The fraction of sp³-hybridized carbons (Fsp3) is 0.538. The minimum absolute atomic E-state index is 0.150. The van der Waals surface area contributed by atoms with Crippen LogP contribution in [0.3, 0.4) is 0 Å². The molecular formula is C13H21BrN2O2. The lowest BCUT2D eigenvalue weighted by atomic mass is 10.2. The van der Waals surface area contributed by atoms with Gasteiger partial charge in [-0.15, -0.1) is 0 Å². The van der Waals surface area contributed by atoms with Crippen molar-refractivity contribution in [2.45, 2.75) is 6.54 Å². The Hall–Kier alpha value is -0.780. The summed E-state index contributed by atoms with van der Waals surface area (Å²) < 4.78 is 5.80. The van der Waals surface area contributed by atoms with Gasteiger partial charge >= 0.3 is 0 Å². The van der Waals surface area contributed by atoms with Gasteiger partial charge in [0.1, 0.15) is 0 Å². The fourth-order valence-corrected chi connectivity index (χ4v) is 2.12. The van der Waals surface area contributed by atoms with E-state index in [-0.39, 0.29) is 5.75 Å². The molecule has 18 heavy (non-hydrogen) atoms. The molecule has 0 unspecified atom stereocenters. The lowest BCUT2D eigenvalue weighted by Crippen LogP contribution is -2.28. The van der Waals surface area contributed by atoms with E-state index in [1.165, 1.54) is 0 Å². The largest absolute Gasteiger partial charge is 0.503 e. The van der Waals surface area contributed by atoms with Crippen LogP contribution in [0.2, 0.25) is 0 Å². The molecular weight excluding hydrogens is 296 g/mol. The molecule has 1 rings (SSSR count). The average Bonchev–Trinajstić information content (AvgIpc) is 2.31. The number of nitrogens with zero attached hydrogens (tertiary/aromatic N) is 2. The molecule has 0 spiro atoms. The fourth-order valence-electron chi connectivity index (χ4n) is 1.64. The Bertz CT molecular complexity index is 397. The van der Waals surface area contributed by atoms with Crippen molar-refractivity contribution in [3.8, 4) is 11.5 Å². The summed E-state index contributed by atoms with van der Waals surface area (Å²) in [4.78, 5) is 4.39. The first-order valence-electron chi connectivity index (χ1n) is 5.82. The SMILES string of the molecule is COc1cc(CN(C)CCN(C)C)cc(Br)c1O. The summed E-state index contributed by atoms with van der Waals surface area (Å²) >= 11 is 3.33. The number of ether oxygens (including phenoxy) is 1. The van der Waals surface area contributed by atoms with E-state index in [2.05, 4.69) is 46.9 Å². The smallest absolute Gasteiger partial charge is 0.172 e. The van der Waals surface area contributed by atoms with Gasteiger partial charge in [0, 0.05) is 19.6 Å². The van der Waals surface area contributed by atoms with Crippen molar-refractivity contribution in [2.75, 3.05) is 41.3 Å². The van der Waals surface area contributed by atoms with Crippen molar-refractivity contribution < 1.29 is 9.84 Å². The molecule has 1 aromatic rings. The number of phenolic OH excluding ortho intramolecular Hbond substituents is 1. The van der Waals surface area contributed by atoms with Gasteiger partial charge in [0.25, 0.3) is 0 Å².